The zero-order valence-corrected chi connectivity index (χ0v) is 9.89. The van der Waals surface area contributed by atoms with Crippen LogP contribution in [0.5, 0.6) is 0 Å². The molecule has 1 saturated heterocycles. The molecule has 0 bridgehead atoms. The van der Waals surface area contributed by atoms with Crippen LogP contribution in [0, 0.1) is 0 Å². The third-order valence-electron chi connectivity index (χ3n) is 2.61. The number of morpholine rings is 1. The predicted molar refractivity (Wildman–Crippen MR) is 62.1 cm³/mol. The second-order valence-corrected chi connectivity index (χ2v) is 4.22. The van der Waals surface area contributed by atoms with Crippen LogP contribution in [-0.2, 0) is 4.74 Å². The summed E-state index contributed by atoms with van der Waals surface area (Å²) in [6.45, 7) is 7.23. The topological polar surface area (TPSA) is 84.8 Å². The van der Waals surface area contributed by atoms with Crippen LogP contribution in [0.2, 0.25) is 0 Å². The number of nitrogens with two attached hydrogens (primary N) is 2. The highest BCUT2D eigenvalue weighted by Crippen LogP contribution is 1.98. The van der Waals surface area contributed by atoms with Crippen LogP contribution >= 0.6 is 0 Å². The molecule has 0 saturated carbocycles. The highest BCUT2D eigenvalue weighted by atomic mass is 16.5. The molecular formula is C10H22N4O2. The monoisotopic (exact) mass is 230 g/mol. The van der Waals surface area contributed by atoms with Crippen LogP contribution in [-0.4, -0.2) is 67.8 Å². The van der Waals surface area contributed by atoms with E-state index < -0.39 is 6.03 Å². The Hall–Kier alpha value is -0.850. The maximum absolute atomic E-state index is 11.2. The van der Waals surface area contributed by atoms with Gasteiger partial charge in [0.1, 0.15) is 0 Å². The molecule has 0 aromatic carbocycles. The molecule has 0 radical (unpaired) electrons. The number of carbonyl (C=O) groups excluding carboxylic acids is 1. The summed E-state index contributed by atoms with van der Waals surface area (Å²) < 4.78 is 5.25. The molecule has 0 spiro atoms. The Morgan fingerprint density at radius 2 is 2.12 bits per heavy atom. The highest BCUT2D eigenvalue weighted by molar-refractivity contribution is 5.72. The number of ether oxygens (including phenoxy) is 1. The minimum atomic E-state index is -0.398. The van der Waals surface area contributed by atoms with Gasteiger partial charge in [0.15, 0.2) is 0 Å². The second kappa shape index (κ2) is 6.67. The van der Waals surface area contributed by atoms with Gasteiger partial charge in [-0.1, -0.05) is 0 Å². The number of urea groups is 1. The van der Waals surface area contributed by atoms with Crippen LogP contribution in [0.4, 0.5) is 4.79 Å². The number of amides is 2. The van der Waals surface area contributed by atoms with Crippen molar-refractivity contribution in [2.24, 2.45) is 11.5 Å². The van der Waals surface area contributed by atoms with Crippen LogP contribution in [0.1, 0.15) is 6.92 Å². The van der Waals surface area contributed by atoms with E-state index in [0.717, 1.165) is 32.8 Å². The van der Waals surface area contributed by atoms with Gasteiger partial charge in [-0.15, -0.1) is 0 Å². The SMILES string of the molecule is CC(N)CN(CCN1CCOCC1)C(N)=O. The Morgan fingerprint density at radius 3 is 2.62 bits per heavy atom. The van der Waals surface area contributed by atoms with E-state index in [9.17, 15) is 4.79 Å². The zero-order chi connectivity index (χ0) is 12.0. The molecule has 1 heterocycles. The van der Waals surface area contributed by atoms with Crippen molar-refractivity contribution in [1.82, 2.24) is 9.80 Å². The van der Waals surface area contributed by atoms with Crippen molar-refractivity contribution in [3.8, 4) is 0 Å². The molecule has 0 aromatic heterocycles. The quantitative estimate of drug-likeness (QED) is 0.637. The van der Waals surface area contributed by atoms with Crippen molar-refractivity contribution in [1.29, 1.82) is 0 Å². The van der Waals surface area contributed by atoms with E-state index in [4.69, 9.17) is 16.2 Å². The number of primary amides is 1. The fourth-order valence-corrected chi connectivity index (χ4v) is 1.73. The number of hydrogen-bond acceptors (Lipinski definition) is 4. The van der Waals surface area contributed by atoms with Gasteiger partial charge in [0, 0.05) is 38.8 Å². The van der Waals surface area contributed by atoms with Crippen molar-refractivity contribution >= 4 is 6.03 Å². The molecule has 6 heteroatoms. The second-order valence-electron chi connectivity index (χ2n) is 4.22. The summed E-state index contributed by atoms with van der Waals surface area (Å²) in [4.78, 5) is 15.0. The molecule has 16 heavy (non-hydrogen) atoms. The lowest BCUT2D eigenvalue weighted by Crippen LogP contribution is -2.47. The van der Waals surface area contributed by atoms with E-state index in [1.165, 1.54) is 0 Å². The highest BCUT2D eigenvalue weighted by Gasteiger charge is 2.15. The van der Waals surface area contributed by atoms with E-state index in [1.807, 2.05) is 6.92 Å². The minimum Gasteiger partial charge on any atom is -0.379 e. The molecule has 1 fully saturated rings. The largest absolute Gasteiger partial charge is 0.379 e. The first-order chi connectivity index (χ1) is 7.59. The Labute approximate surface area is 96.5 Å². The molecule has 0 aromatic rings. The number of rotatable bonds is 5. The Bertz CT molecular complexity index is 217. The molecule has 2 amide bonds. The maximum Gasteiger partial charge on any atom is 0.314 e. The molecule has 6 nitrogen and oxygen atoms in total. The lowest BCUT2D eigenvalue weighted by Gasteiger charge is -2.30. The number of hydrogen-bond donors (Lipinski definition) is 2. The average Bonchev–Trinajstić information content (AvgIpc) is 2.25. The van der Waals surface area contributed by atoms with Crippen molar-refractivity contribution in [3.63, 3.8) is 0 Å². The fourth-order valence-electron chi connectivity index (χ4n) is 1.73. The van der Waals surface area contributed by atoms with Gasteiger partial charge in [-0.3, -0.25) is 4.90 Å². The molecule has 1 aliphatic rings. The molecule has 1 aliphatic heterocycles. The molecule has 4 N–H and O–H groups in total. The van der Waals surface area contributed by atoms with Gasteiger partial charge in [0.2, 0.25) is 0 Å². The first-order valence-corrected chi connectivity index (χ1v) is 5.69. The van der Waals surface area contributed by atoms with E-state index in [1.54, 1.807) is 4.90 Å². The van der Waals surface area contributed by atoms with Gasteiger partial charge in [0.25, 0.3) is 0 Å². The molecule has 1 rings (SSSR count). The van der Waals surface area contributed by atoms with Gasteiger partial charge in [-0.05, 0) is 6.92 Å². The Morgan fingerprint density at radius 1 is 1.50 bits per heavy atom. The zero-order valence-electron chi connectivity index (χ0n) is 9.89. The third-order valence-corrected chi connectivity index (χ3v) is 2.61. The first kappa shape index (κ1) is 13.2. The minimum absolute atomic E-state index is 0.0443. The van der Waals surface area contributed by atoms with Crippen LogP contribution in [0.15, 0.2) is 0 Å². The van der Waals surface area contributed by atoms with E-state index in [0.29, 0.717) is 13.1 Å². The number of nitrogens with zero attached hydrogens (tertiary/aromatic N) is 2. The van der Waals surface area contributed by atoms with Gasteiger partial charge < -0.3 is 21.1 Å². The summed E-state index contributed by atoms with van der Waals surface area (Å²) in [5.41, 5.74) is 10.9. The van der Waals surface area contributed by atoms with Crippen molar-refractivity contribution in [2.75, 3.05) is 45.9 Å². The van der Waals surface area contributed by atoms with E-state index >= 15 is 0 Å². The number of carbonyl (C=O) groups is 1. The van der Waals surface area contributed by atoms with Crippen molar-refractivity contribution in [2.45, 2.75) is 13.0 Å². The van der Waals surface area contributed by atoms with Crippen LogP contribution < -0.4 is 11.5 Å². The van der Waals surface area contributed by atoms with Crippen LogP contribution in [0.25, 0.3) is 0 Å². The van der Waals surface area contributed by atoms with Crippen LogP contribution in [0.3, 0.4) is 0 Å². The summed E-state index contributed by atoms with van der Waals surface area (Å²) >= 11 is 0. The standard InChI is InChI=1S/C10H22N4O2/c1-9(11)8-14(10(12)15)3-2-13-4-6-16-7-5-13/h9H,2-8,11H2,1H3,(H2,12,15). The van der Waals surface area contributed by atoms with Gasteiger partial charge in [0.05, 0.1) is 13.2 Å². The summed E-state index contributed by atoms with van der Waals surface area (Å²) in [5, 5.41) is 0. The molecule has 1 atom stereocenters. The smallest absolute Gasteiger partial charge is 0.314 e. The first-order valence-electron chi connectivity index (χ1n) is 5.69. The van der Waals surface area contributed by atoms with E-state index in [2.05, 4.69) is 4.90 Å². The van der Waals surface area contributed by atoms with Gasteiger partial charge >= 0.3 is 6.03 Å². The van der Waals surface area contributed by atoms with Gasteiger partial charge in [-0.25, -0.2) is 4.79 Å². The molecular weight excluding hydrogens is 208 g/mol. The normalized spacial score (nSPS) is 19.4. The summed E-state index contributed by atoms with van der Waals surface area (Å²) in [7, 11) is 0. The van der Waals surface area contributed by atoms with E-state index in [-0.39, 0.29) is 6.04 Å². The summed E-state index contributed by atoms with van der Waals surface area (Å²) in [5.74, 6) is 0. The molecule has 94 valence electrons. The Kier molecular flexibility index (Phi) is 5.51. The summed E-state index contributed by atoms with van der Waals surface area (Å²) in [6.07, 6.45) is 0. The van der Waals surface area contributed by atoms with Crippen molar-refractivity contribution < 1.29 is 9.53 Å². The molecule has 0 aliphatic carbocycles. The Balaban J connectivity index is 2.28. The van der Waals surface area contributed by atoms with Crippen molar-refractivity contribution in [3.05, 3.63) is 0 Å². The molecule has 1 unspecified atom stereocenters. The van der Waals surface area contributed by atoms with Gasteiger partial charge in [-0.2, -0.15) is 0 Å². The predicted octanol–water partition coefficient (Wildman–Crippen LogP) is -0.953. The maximum atomic E-state index is 11.2. The lowest BCUT2D eigenvalue weighted by atomic mass is 10.3. The summed E-state index contributed by atoms with van der Waals surface area (Å²) in [6, 6.07) is -0.442. The fraction of sp³-hybridized carbons (Fsp3) is 0.900. The lowest BCUT2D eigenvalue weighted by molar-refractivity contribution is 0.0349. The third kappa shape index (κ3) is 4.78. The average molecular weight is 230 g/mol.